The van der Waals surface area contributed by atoms with Crippen molar-refractivity contribution in [1.82, 2.24) is 9.47 Å². The van der Waals surface area contributed by atoms with Crippen LogP contribution in [-0.2, 0) is 16.0 Å². The summed E-state index contributed by atoms with van der Waals surface area (Å²) in [5.74, 6) is -2.35. The van der Waals surface area contributed by atoms with Crippen LogP contribution in [-0.4, -0.2) is 47.5 Å². The first kappa shape index (κ1) is 19.1. The number of aryl methyl sites for hydroxylation is 2. The number of halogens is 2. The van der Waals surface area contributed by atoms with Gasteiger partial charge in [-0.2, -0.15) is 0 Å². The number of ether oxygens (including phenoxy) is 2. The summed E-state index contributed by atoms with van der Waals surface area (Å²) in [7, 11) is 0. The van der Waals surface area contributed by atoms with Gasteiger partial charge in [0.05, 0.1) is 13.2 Å². The second-order valence-corrected chi connectivity index (χ2v) is 7.55. The van der Waals surface area contributed by atoms with E-state index in [9.17, 15) is 13.6 Å². The third-order valence-corrected chi connectivity index (χ3v) is 5.65. The fraction of sp³-hybridized carbons (Fsp3) is 0.476. The van der Waals surface area contributed by atoms with E-state index in [4.69, 9.17) is 9.47 Å². The molecule has 0 radical (unpaired) electrons. The highest BCUT2D eigenvalue weighted by molar-refractivity contribution is 5.94. The lowest BCUT2D eigenvalue weighted by Crippen LogP contribution is -2.47. The Hall–Kier alpha value is -2.25. The van der Waals surface area contributed by atoms with E-state index < -0.39 is 17.4 Å². The smallest absolute Gasteiger partial charge is 0.270 e. The van der Waals surface area contributed by atoms with Crippen LogP contribution >= 0.6 is 0 Å². The number of rotatable bonds is 3. The van der Waals surface area contributed by atoms with Gasteiger partial charge in [-0.3, -0.25) is 4.79 Å². The fourth-order valence-electron chi connectivity index (χ4n) is 4.14. The molecule has 0 aliphatic carbocycles. The van der Waals surface area contributed by atoms with Crippen molar-refractivity contribution < 1.29 is 23.0 Å². The minimum atomic E-state index is -0.884. The van der Waals surface area contributed by atoms with Crippen LogP contribution in [0.1, 0.15) is 40.2 Å². The quantitative estimate of drug-likeness (QED) is 0.807. The first-order valence-corrected chi connectivity index (χ1v) is 9.56. The minimum absolute atomic E-state index is 0.0546. The Balaban J connectivity index is 1.56. The van der Waals surface area contributed by atoms with E-state index in [1.165, 1.54) is 6.07 Å². The van der Waals surface area contributed by atoms with Crippen LogP contribution in [0, 0.1) is 25.5 Å². The molecule has 28 heavy (non-hydrogen) atoms. The third kappa shape index (κ3) is 3.44. The summed E-state index contributed by atoms with van der Waals surface area (Å²) in [6.07, 6.45) is 1.31. The number of carbonyl (C=O) groups excluding carboxylic acids is 1. The lowest BCUT2D eigenvalue weighted by atomic mass is 10.0. The molecule has 5 nitrogen and oxygen atoms in total. The number of piperidine rings is 1. The number of amides is 1. The summed E-state index contributed by atoms with van der Waals surface area (Å²) in [4.78, 5) is 15.1. The highest BCUT2D eigenvalue weighted by Crippen LogP contribution is 2.32. The molecule has 1 spiro atoms. The Morgan fingerprint density at radius 1 is 1.07 bits per heavy atom. The summed E-state index contributed by atoms with van der Waals surface area (Å²) in [6.45, 7) is 6.45. The average Bonchev–Trinajstić information content (AvgIpc) is 3.23. The summed E-state index contributed by atoms with van der Waals surface area (Å²) in [6, 6.07) is 5.78. The molecule has 0 atom stereocenters. The van der Waals surface area contributed by atoms with Gasteiger partial charge >= 0.3 is 0 Å². The largest absolute Gasteiger partial charge is 0.347 e. The zero-order chi connectivity index (χ0) is 19.9. The van der Waals surface area contributed by atoms with Crippen molar-refractivity contribution in [3.8, 4) is 0 Å². The molecular weight excluding hydrogens is 366 g/mol. The minimum Gasteiger partial charge on any atom is -0.347 e. The van der Waals surface area contributed by atoms with Gasteiger partial charge in [-0.05, 0) is 43.2 Å². The molecule has 2 aliphatic rings. The predicted octanol–water partition coefficient (Wildman–Crippen LogP) is 3.41. The number of aromatic nitrogens is 1. The first-order chi connectivity index (χ1) is 13.4. The Labute approximate surface area is 162 Å². The van der Waals surface area contributed by atoms with E-state index >= 15 is 0 Å². The normalized spacial score (nSPS) is 18.8. The number of likely N-dealkylation sites (tertiary alicyclic amines) is 1. The topological polar surface area (TPSA) is 43.7 Å². The summed E-state index contributed by atoms with van der Waals surface area (Å²) < 4.78 is 40.2. The maximum absolute atomic E-state index is 13.6. The molecule has 0 saturated carbocycles. The van der Waals surface area contributed by atoms with Gasteiger partial charge in [0.25, 0.3) is 5.91 Å². The number of hydrogen-bond donors (Lipinski definition) is 0. The van der Waals surface area contributed by atoms with Crippen LogP contribution in [0.5, 0.6) is 0 Å². The molecule has 0 unspecified atom stereocenters. The standard InChI is InChI=1S/C21H24F2N2O3/c1-14-11-15(2)25(13-16-3-4-17(22)18(23)12-16)19(14)20(26)24-7-5-21(6-8-24)27-9-10-28-21/h3-4,11-12H,5-10,13H2,1-2H3. The second-order valence-electron chi connectivity index (χ2n) is 7.55. The molecule has 1 aromatic heterocycles. The molecule has 7 heteroatoms. The van der Waals surface area contributed by atoms with Crippen molar-refractivity contribution in [1.29, 1.82) is 0 Å². The monoisotopic (exact) mass is 390 g/mol. The van der Waals surface area contributed by atoms with Crippen LogP contribution in [0.25, 0.3) is 0 Å². The number of carbonyl (C=O) groups is 1. The van der Waals surface area contributed by atoms with Gasteiger partial charge in [-0.15, -0.1) is 0 Å². The zero-order valence-electron chi connectivity index (χ0n) is 16.1. The Bertz CT molecular complexity index is 893. The molecule has 2 fully saturated rings. The maximum Gasteiger partial charge on any atom is 0.270 e. The van der Waals surface area contributed by atoms with Crippen molar-refractivity contribution in [2.75, 3.05) is 26.3 Å². The molecule has 2 saturated heterocycles. The number of hydrogen-bond acceptors (Lipinski definition) is 3. The number of nitrogens with zero attached hydrogens (tertiary/aromatic N) is 2. The Kier molecular flexibility index (Phi) is 4.97. The Morgan fingerprint density at radius 3 is 2.39 bits per heavy atom. The molecule has 0 bridgehead atoms. The molecule has 1 amide bonds. The molecule has 150 valence electrons. The van der Waals surface area contributed by atoms with Crippen molar-refractivity contribution in [2.24, 2.45) is 0 Å². The van der Waals surface area contributed by atoms with Crippen molar-refractivity contribution >= 4 is 5.91 Å². The van der Waals surface area contributed by atoms with Crippen LogP contribution < -0.4 is 0 Å². The van der Waals surface area contributed by atoms with Gasteiger partial charge in [-0.1, -0.05) is 6.07 Å². The SMILES string of the molecule is Cc1cc(C)n(Cc2ccc(F)c(F)c2)c1C(=O)N1CCC2(CC1)OCCO2. The summed E-state index contributed by atoms with van der Waals surface area (Å²) in [5.41, 5.74) is 2.98. The van der Waals surface area contributed by atoms with Crippen LogP contribution in [0.4, 0.5) is 8.78 Å². The Morgan fingerprint density at radius 2 is 1.75 bits per heavy atom. The van der Waals surface area contributed by atoms with Gasteiger partial charge in [0.1, 0.15) is 5.69 Å². The molecule has 2 aromatic rings. The molecule has 2 aliphatic heterocycles. The predicted molar refractivity (Wildman–Crippen MR) is 99.1 cm³/mol. The van der Waals surface area contributed by atoms with E-state index in [0.717, 1.165) is 17.3 Å². The van der Waals surface area contributed by atoms with Gasteiger partial charge in [0.15, 0.2) is 17.4 Å². The number of benzene rings is 1. The average molecular weight is 390 g/mol. The zero-order valence-corrected chi connectivity index (χ0v) is 16.1. The molecule has 1 aromatic carbocycles. The molecule has 0 N–H and O–H groups in total. The van der Waals surface area contributed by atoms with E-state index in [1.54, 1.807) is 6.07 Å². The highest BCUT2D eigenvalue weighted by Gasteiger charge is 2.41. The maximum atomic E-state index is 13.6. The van der Waals surface area contributed by atoms with E-state index in [2.05, 4.69) is 0 Å². The molecule has 3 heterocycles. The second kappa shape index (κ2) is 7.29. The molecule has 4 rings (SSSR count). The highest BCUT2D eigenvalue weighted by atomic mass is 19.2. The summed E-state index contributed by atoms with van der Waals surface area (Å²) in [5, 5.41) is 0. The van der Waals surface area contributed by atoms with Gasteiger partial charge < -0.3 is 18.9 Å². The first-order valence-electron chi connectivity index (χ1n) is 9.56. The van der Waals surface area contributed by atoms with Gasteiger partial charge in [0.2, 0.25) is 0 Å². The lowest BCUT2D eigenvalue weighted by Gasteiger charge is -2.37. The molecular formula is C21H24F2N2O3. The van der Waals surface area contributed by atoms with Gasteiger partial charge in [0, 0.05) is 38.2 Å². The summed E-state index contributed by atoms with van der Waals surface area (Å²) >= 11 is 0. The van der Waals surface area contributed by atoms with Crippen LogP contribution in [0.3, 0.4) is 0 Å². The van der Waals surface area contributed by atoms with E-state index in [1.807, 2.05) is 29.4 Å². The lowest BCUT2D eigenvalue weighted by molar-refractivity contribution is -0.181. The van der Waals surface area contributed by atoms with Crippen LogP contribution in [0.2, 0.25) is 0 Å². The van der Waals surface area contributed by atoms with Crippen molar-refractivity contribution in [2.45, 2.75) is 39.0 Å². The van der Waals surface area contributed by atoms with Crippen molar-refractivity contribution in [3.63, 3.8) is 0 Å². The fourth-order valence-corrected chi connectivity index (χ4v) is 4.14. The van der Waals surface area contributed by atoms with Crippen LogP contribution in [0.15, 0.2) is 24.3 Å². The van der Waals surface area contributed by atoms with Crippen molar-refractivity contribution in [3.05, 3.63) is 58.4 Å². The van der Waals surface area contributed by atoms with Gasteiger partial charge in [-0.25, -0.2) is 8.78 Å². The third-order valence-electron chi connectivity index (χ3n) is 5.65. The van der Waals surface area contributed by atoms with E-state index in [0.29, 0.717) is 56.9 Å². The van der Waals surface area contributed by atoms with E-state index in [-0.39, 0.29) is 5.91 Å².